The summed E-state index contributed by atoms with van der Waals surface area (Å²) >= 11 is 0. The molecule has 18 heavy (non-hydrogen) atoms. The van der Waals surface area contributed by atoms with Gasteiger partial charge in [-0.3, -0.25) is 9.69 Å². The highest BCUT2D eigenvalue weighted by molar-refractivity contribution is 5.85. The highest BCUT2D eigenvalue weighted by Crippen LogP contribution is 2.23. The molecule has 2 unspecified atom stereocenters. The number of hydrogen-bond donors (Lipinski definition) is 0. The van der Waals surface area contributed by atoms with E-state index in [9.17, 15) is 4.79 Å². The Morgan fingerprint density at radius 3 is 3.00 bits per heavy atom. The maximum atomic E-state index is 12.2. The third-order valence-corrected chi connectivity index (χ3v) is 3.97. The number of benzene rings is 1. The SMILES string of the molecule is O=C(Cc1ccccc1)C1CN2CCCC2CO1. The van der Waals surface area contributed by atoms with Crippen molar-refractivity contribution in [1.29, 1.82) is 0 Å². The van der Waals surface area contributed by atoms with Gasteiger partial charge in [0, 0.05) is 19.0 Å². The Morgan fingerprint density at radius 2 is 2.17 bits per heavy atom. The summed E-state index contributed by atoms with van der Waals surface area (Å²) in [6.07, 6.45) is 2.73. The Morgan fingerprint density at radius 1 is 1.33 bits per heavy atom. The number of ether oxygens (including phenoxy) is 1. The van der Waals surface area contributed by atoms with E-state index < -0.39 is 0 Å². The van der Waals surface area contributed by atoms with Crippen molar-refractivity contribution in [2.24, 2.45) is 0 Å². The van der Waals surface area contributed by atoms with Gasteiger partial charge >= 0.3 is 0 Å². The molecule has 1 aromatic rings. The van der Waals surface area contributed by atoms with E-state index >= 15 is 0 Å². The summed E-state index contributed by atoms with van der Waals surface area (Å²) < 4.78 is 5.73. The Labute approximate surface area is 108 Å². The summed E-state index contributed by atoms with van der Waals surface area (Å²) in [6, 6.07) is 10.5. The maximum Gasteiger partial charge on any atom is 0.167 e. The molecule has 2 saturated heterocycles. The molecule has 3 rings (SSSR count). The number of carbonyl (C=O) groups is 1. The summed E-state index contributed by atoms with van der Waals surface area (Å²) in [5, 5.41) is 0. The Balaban J connectivity index is 1.60. The molecule has 0 saturated carbocycles. The Hall–Kier alpha value is -1.19. The number of fused-ring (bicyclic) bond motifs is 1. The lowest BCUT2D eigenvalue weighted by Crippen LogP contribution is -2.49. The number of carbonyl (C=O) groups excluding carboxylic acids is 1. The lowest BCUT2D eigenvalue weighted by molar-refractivity contribution is -0.137. The second kappa shape index (κ2) is 5.21. The van der Waals surface area contributed by atoms with Crippen LogP contribution in [0.15, 0.2) is 30.3 Å². The second-order valence-electron chi connectivity index (χ2n) is 5.24. The van der Waals surface area contributed by atoms with Crippen molar-refractivity contribution in [3.63, 3.8) is 0 Å². The van der Waals surface area contributed by atoms with Crippen LogP contribution in [0.4, 0.5) is 0 Å². The molecule has 2 aliphatic heterocycles. The van der Waals surface area contributed by atoms with Crippen molar-refractivity contribution in [3.05, 3.63) is 35.9 Å². The first-order valence-corrected chi connectivity index (χ1v) is 6.75. The minimum absolute atomic E-state index is 0.214. The largest absolute Gasteiger partial charge is 0.367 e. The number of hydrogen-bond acceptors (Lipinski definition) is 3. The monoisotopic (exact) mass is 245 g/mol. The fraction of sp³-hybridized carbons (Fsp3) is 0.533. The zero-order valence-corrected chi connectivity index (χ0v) is 10.5. The topological polar surface area (TPSA) is 29.5 Å². The van der Waals surface area contributed by atoms with Gasteiger partial charge < -0.3 is 4.74 Å². The van der Waals surface area contributed by atoms with Gasteiger partial charge in [-0.1, -0.05) is 30.3 Å². The molecule has 0 radical (unpaired) electrons. The van der Waals surface area contributed by atoms with E-state index in [1.807, 2.05) is 30.3 Å². The van der Waals surface area contributed by atoms with E-state index in [-0.39, 0.29) is 11.9 Å². The van der Waals surface area contributed by atoms with E-state index in [4.69, 9.17) is 4.74 Å². The van der Waals surface area contributed by atoms with Crippen LogP contribution in [0.25, 0.3) is 0 Å². The van der Waals surface area contributed by atoms with Crippen molar-refractivity contribution < 1.29 is 9.53 Å². The first kappa shape index (κ1) is 11.9. The molecule has 2 aliphatic rings. The summed E-state index contributed by atoms with van der Waals surface area (Å²) in [5.41, 5.74) is 1.08. The number of morpholine rings is 1. The Bertz CT molecular complexity index is 418. The zero-order valence-electron chi connectivity index (χ0n) is 10.5. The molecule has 0 N–H and O–H groups in total. The first-order chi connectivity index (χ1) is 8.83. The standard InChI is InChI=1S/C15H19NO2/c17-14(9-12-5-2-1-3-6-12)15-10-16-8-4-7-13(16)11-18-15/h1-3,5-6,13,15H,4,7-11H2. The van der Waals surface area contributed by atoms with Crippen LogP contribution in [0.2, 0.25) is 0 Å². The van der Waals surface area contributed by atoms with Gasteiger partial charge in [0.05, 0.1) is 6.61 Å². The van der Waals surface area contributed by atoms with Gasteiger partial charge in [-0.25, -0.2) is 0 Å². The number of ketones is 1. The zero-order chi connectivity index (χ0) is 12.4. The van der Waals surface area contributed by atoms with Gasteiger partial charge in [-0.05, 0) is 24.9 Å². The molecule has 96 valence electrons. The summed E-state index contributed by atoms with van der Waals surface area (Å²) in [7, 11) is 0. The molecule has 0 aromatic heterocycles. The van der Waals surface area contributed by atoms with Crippen molar-refractivity contribution in [2.45, 2.75) is 31.4 Å². The minimum atomic E-state index is -0.223. The van der Waals surface area contributed by atoms with E-state index in [0.29, 0.717) is 12.5 Å². The average Bonchev–Trinajstić information content (AvgIpc) is 2.87. The smallest absolute Gasteiger partial charge is 0.167 e. The van der Waals surface area contributed by atoms with E-state index in [0.717, 1.165) is 25.3 Å². The first-order valence-electron chi connectivity index (χ1n) is 6.75. The molecule has 0 aliphatic carbocycles. The van der Waals surface area contributed by atoms with Crippen molar-refractivity contribution >= 4 is 5.78 Å². The van der Waals surface area contributed by atoms with Gasteiger partial charge in [-0.15, -0.1) is 0 Å². The van der Waals surface area contributed by atoms with E-state index in [2.05, 4.69) is 4.90 Å². The van der Waals surface area contributed by atoms with E-state index in [1.54, 1.807) is 0 Å². The van der Waals surface area contributed by atoms with Crippen molar-refractivity contribution in [2.75, 3.05) is 19.7 Å². The highest BCUT2D eigenvalue weighted by Gasteiger charge is 2.34. The third-order valence-electron chi connectivity index (χ3n) is 3.97. The molecule has 0 amide bonds. The molecule has 2 fully saturated rings. The van der Waals surface area contributed by atoms with Crippen LogP contribution in [0.1, 0.15) is 18.4 Å². The van der Waals surface area contributed by atoms with Gasteiger partial charge in [0.1, 0.15) is 6.10 Å². The minimum Gasteiger partial charge on any atom is -0.367 e. The number of rotatable bonds is 3. The molecule has 2 heterocycles. The van der Waals surface area contributed by atoms with Gasteiger partial charge in [0.2, 0.25) is 0 Å². The number of Topliss-reactive ketones (excluding diaryl/α,β-unsaturated/α-hetero) is 1. The van der Waals surface area contributed by atoms with Crippen LogP contribution in [-0.2, 0) is 16.0 Å². The molecule has 2 atom stereocenters. The molecular weight excluding hydrogens is 226 g/mol. The molecule has 3 heteroatoms. The van der Waals surface area contributed by atoms with Crippen LogP contribution in [0.5, 0.6) is 0 Å². The van der Waals surface area contributed by atoms with Gasteiger partial charge in [0.15, 0.2) is 5.78 Å². The molecular formula is C15H19NO2. The molecule has 3 nitrogen and oxygen atoms in total. The van der Waals surface area contributed by atoms with Crippen LogP contribution in [0.3, 0.4) is 0 Å². The quantitative estimate of drug-likeness (QED) is 0.811. The predicted molar refractivity (Wildman–Crippen MR) is 69.5 cm³/mol. The summed E-state index contributed by atoms with van der Waals surface area (Å²) in [4.78, 5) is 14.6. The normalized spacial score (nSPS) is 28.0. The summed E-state index contributed by atoms with van der Waals surface area (Å²) in [6.45, 7) is 2.64. The molecule has 1 aromatic carbocycles. The van der Waals surface area contributed by atoms with Crippen LogP contribution >= 0.6 is 0 Å². The third kappa shape index (κ3) is 2.47. The predicted octanol–water partition coefficient (Wildman–Crippen LogP) is 1.66. The fourth-order valence-electron chi connectivity index (χ4n) is 2.92. The van der Waals surface area contributed by atoms with Crippen LogP contribution in [0, 0.1) is 0 Å². The lowest BCUT2D eigenvalue weighted by Gasteiger charge is -2.34. The second-order valence-corrected chi connectivity index (χ2v) is 5.24. The van der Waals surface area contributed by atoms with E-state index in [1.165, 1.54) is 12.8 Å². The molecule has 0 bridgehead atoms. The maximum absolute atomic E-state index is 12.2. The van der Waals surface area contributed by atoms with Crippen LogP contribution in [-0.4, -0.2) is 42.5 Å². The molecule has 0 spiro atoms. The van der Waals surface area contributed by atoms with Crippen molar-refractivity contribution in [3.8, 4) is 0 Å². The number of nitrogens with zero attached hydrogens (tertiary/aromatic N) is 1. The van der Waals surface area contributed by atoms with Crippen LogP contribution < -0.4 is 0 Å². The van der Waals surface area contributed by atoms with Gasteiger partial charge in [0.25, 0.3) is 0 Å². The highest BCUT2D eigenvalue weighted by atomic mass is 16.5. The summed E-state index contributed by atoms with van der Waals surface area (Å²) in [5.74, 6) is 0.214. The van der Waals surface area contributed by atoms with Gasteiger partial charge in [-0.2, -0.15) is 0 Å². The van der Waals surface area contributed by atoms with Crippen molar-refractivity contribution in [1.82, 2.24) is 4.90 Å². The lowest BCUT2D eigenvalue weighted by atomic mass is 10.0. The average molecular weight is 245 g/mol. The fourth-order valence-corrected chi connectivity index (χ4v) is 2.92. The Kier molecular flexibility index (Phi) is 3.43.